The second kappa shape index (κ2) is 6.77. The summed E-state index contributed by atoms with van der Waals surface area (Å²) in [6, 6.07) is 4.67. The lowest BCUT2D eigenvalue weighted by Crippen LogP contribution is -2.38. The Labute approximate surface area is 139 Å². The van der Waals surface area contributed by atoms with Gasteiger partial charge in [0.25, 0.3) is 11.6 Å². The molecule has 1 fully saturated rings. The molecule has 0 bridgehead atoms. The molecule has 0 saturated heterocycles. The Morgan fingerprint density at radius 1 is 1.33 bits per heavy atom. The van der Waals surface area contributed by atoms with E-state index in [1.165, 1.54) is 35.9 Å². The zero-order valence-electron chi connectivity index (χ0n) is 13.5. The van der Waals surface area contributed by atoms with Crippen LogP contribution in [0.3, 0.4) is 0 Å². The van der Waals surface area contributed by atoms with Gasteiger partial charge in [-0.05, 0) is 25.0 Å². The predicted octanol–water partition coefficient (Wildman–Crippen LogP) is 2.58. The van der Waals surface area contributed by atoms with Crippen molar-refractivity contribution in [3.63, 3.8) is 0 Å². The maximum Gasteiger partial charge on any atom is 0.295 e. The van der Waals surface area contributed by atoms with E-state index in [2.05, 4.69) is 10.1 Å². The second-order valence-electron chi connectivity index (χ2n) is 6.01. The second-order valence-corrected chi connectivity index (χ2v) is 6.01. The van der Waals surface area contributed by atoms with Crippen molar-refractivity contribution in [1.29, 1.82) is 0 Å². The lowest BCUT2D eigenvalue weighted by Gasteiger charge is -2.31. The van der Waals surface area contributed by atoms with Crippen molar-refractivity contribution in [3.8, 4) is 5.69 Å². The predicted molar refractivity (Wildman–Crippen MR) is 87.0 cm³/mol. The first-order chi connectivity index (χ1) is 11.6. The van der Waals surface area contributed by atoms with Gasteiger partial charge in [0.05, 0.1) is 4.92 Å². The van der Waals surface area contributed by atoms with Crippen molar-refractivity contribution in [2.45, 2.75) is 38.1 Å². The van der Waals surface area contributed by atoms with Crippen molar-refractivity contribution in [2.75, 3.05) is 7.05 Å². The normalized spacial score (nSPS) is 15.2. The zero-order valence-corrected chi connectivity index (χ0v) is 13.5. The number of carbonyl (C=O) groups is 1. The number of nitro benzene ring substituents is 1. The van der Waals surface area contributed by atoms with E-state index >= 15 is 0 Å². The molecule has 1 aliphatic carbocycles. The monoisotopic (exact) mass is 329 g/mol. The highest BCUT2D eigenvalue weighted by Crippen LogP contribution is 2.26. The fourth-order valence-electron chi connectivity index (χ4n) is 3.17. The maximum absolute atomic E-state index is 12.7. The van der Waals surface area contributed by atoms with E-state index in [1.807, 2.05) is 0 Å². The van der Waals surface area contributed by atoms with Crippen LogP contribution in [0, 0.1) is 10.1 Å². The van der Waals surface area contributed by atoms with Crippen LogP contribution in [-0.2, 0) is 0 Å². The average molecular weight is 329 g/mol. The van der Waals surface area contributed by atoms with Crippen molar-refractivity contribution in [2.24, 2.45) is 0 Å². The van der Waals surface area contributed by atoms with E-state index in [0.29, 0.717) is 5.56 Å². The fraction of sp³-hybridized carbons (Fsp3) is 0.438. The minimum atomic E-state index is -0.506. The van der Waals surface area contributed by atoms with Crippen LogP contribution >= 0.6 is 0 Å². The van der Waals surface area contributed by atoms with E-state index in [-0.39, 0.29) is 23.3 Å². The molecule has 0 unspecified atom stereocenters. The van der Waals surface area contributed by atoms with Gasteiger partial charge >= 0.3 is 0 Å². The molecule has 24 heavy (non-hydrogen) atoms. The SMILES string of the molecule is CN(C(=O)c1ccc(-n2cncn2)c([N+](=O)[O-])c1)C1CCCCC1. The molecule has 1 saturated carbocycles. The Hall–Kier alpha value is -2.77. The molecule has 126 valence electrons. The van der Waals surface area contributed by atoms with Crippen molar-refractivity contribution in [1.82, 2.24) is 19.7 Å². The summed E-state index contributed by atoms with van der Waals surface area (Å²) in [7, 11) is 1.77. The van der Waals surface area contributed by atoms with Gasteiger partial charge in [-0.1, -0.05) is 19.3 Å². The number of aromatic nitrogens is 3. The fourth-order valence-corrected chi connectivity index (χ4v) is 3.17. The highest BCUT2D eigenvalue weighted by molar-refractivity contribution is 5.95. The molecule has 0 spiro atoms. The Kier molecular flexibility index (Phi) is 4.54. The first kappa shape index (κ1) is 16.1. The van der Waals surface area contributed by atoms with Gasteiger partial charge in [0, 0.05) is 24.7 Å². The lowest BCUT2D eigenvalue weighted by molar-refractivity contribution is -0.384. The molecule has 2 aromatic rings. The van der Waals surface area contributed by atoms with Crippen LogP contribution in [0.1, 0.15) is 42.5 Å². The van der Waals surface area contributed by atoms with Crippen LogP contribution < -0.4 is 0 Å². The Morgan fingerprint density at radius 3 is 2.71 bits per heavy atom. The number of nitrogens with zero attached hydrogens (tertiary/aromatic N) is 5. The standard InChI is InChI=1S/C16H19N5O3/c1-19(13-5-3-2-4-6-13)16(22)12-7-8-14(15(9-12)21(23)24)20-11-17-10-18-20/h7-11,13H,2-6H2,1H3. The Balaban J connectivity index is 1.89. The molecule has 1 aromatic carbocycles. The zero-order chi connectivity index (χ0) is 17.1. The molecule has 8 heteroatoms. The van der Waals surface area contributed by atoms with Crippen LogP contribution in [0.25, 0.3) is 5.69 Å². The number of nitro groups is 1. The summed E-state index contributed by atoms with van der Waals surface area (Å²) in [6.07, 6.45) is 8.11. The number of amides is 1. The van der Waals surface area contributed by atoms with Crippen LogP contribution in [0.4, 0.5) is 5.69 Å². The molecule has 3 rings (SSSR count). The Bertz CT molecular complexity index is 738. The molecule has 1 aromatic heterocycles. The van der Waals surface area contributed by atoms with Gasteiger partial charge in [0.15, 0.2) is 0 Å². The quantitative estimate of drug-likeness (QED) is 0.635. The molecule has 0 atom stereocenters. The molecular weight excluding hydrogens is 310 g/mol. The smallest absolute Gasteiger partial charge is 0.295 e. The lowest BCUT2D eigenvalue weighted by atomic mass is 9.94. The largest absolute Gasteiger partial charge is 0.339 e. The minimum Gasteiger partial charge on any atom is -0.339 e. The van der Waals surface area contributed by atoms with E-state index in [4.69, 9.17) is 0 Å². The van der Waals surface area contributed by atoms with Gasteiger partial charge in [-0.25, -0.2) is 9.67 Å². The van der Waals surface area contributed by atoms with Crippen LogP contribution in [0.5, 0.6) is 0 Å². The maximum atomic E-state index is 12.7. The van der Waals surface area contributed by atoms with Gasteiger partial charge in [-0.15, -0.1) is 0 Å². The van der Waals surface area contributed by atoms with Crippen molar-refractivity contribution in [3.05, 3.63) is 46.5 Å². The minimum absolute atomic E-state index is 0.164. The first-order valence-electron chi connectivity index (χ1n) is 7.98. The molecular formula is C16H19N5O3. The number of carbonyl (C=O) groups excluding carboxylic acids is 1. The third-order valence-electron chi connectivity index (χ3n) is 4.53. The number of hydrogen-bond donors (Lipinski definition) is 0. The summed E-state index contributed by atoms with van der Waals surface area (Å²) in [4.78, 5) is 29.1. The van der Waals surface area contributed by atoms with Crippen LogP contribution in [-0.4, -0.2) is 43.6 Å². The molecule has 0 N–H and O–H groups in total. The van der Waals surface area contributed by atoms with E-state index < -0.39 is 4.92 Å². The molecule has 0 aliphatic heterocycles. The van der Waals surface area contributed by atoms with Crippen molar-refractivity contribution >= 4 is 11.6 Å². The van der Waals surface area contributed by atoms with E-state index in [0.717, 1.165) is 25.7 Å². The van der Waals surface area contributed by atoms with Gasteiger partial charge in [-0.2, -0.15) is 5.10 Å². The van der Waals surface area contributed by atoms with Gasteiger partial charge in [-0.3, -0.25) is 14.9 Å². The molecule has 0 radical (unpaired) electrons. The average Bonchev–Trinajstić information content (AvgIpc) is 3.15. The highest BCUT2D eigenvalue weighted by Gasteiger charge is 2.25. The highest BCUT2D eigenvalue weighted by atomic mass is 16.6. The number of rotatable bonds is 4. The molecule has 1 amide bonds. The number of benzene rings is 1. The number of hydrogen-bond acceptors (Lipinski definition) is 5. The van der Waals surface area contributed by atoms with E-state index in [1.54, 1.807) is 18.0 Å². The molecule has 1 heterocycles. The summed E-state index contributed by atoms with van der Waals surface area (Å²) in [5, 5.41) is 15.3. The first-order valence-corrected chi connectivity index (χ1v) is 7.98. The summed E-state index contributed by atoms with van der Waals surface area (Å²) in [5.41, 5.74) is 0.441. The molecule has 1 aliphatic rings. The van der Waals surface area contributed by atoms with Gasteiger partial charge < -0.3 is 4.90 Å². The third kappa shape index (κ3) is 3.12. The van der Waals surface area contributed by atoms with Crippen LogP contribution in [0.15, 0.2) is 30.9 Å². The summed E-state index contributed by atoms with van der Waals surface area (Å²) < 4.78 is 1.32. The third-order valence-corrected chi connectivity index (χ3v) is 4.53. The summed E-state index contributed by atoms with van der Waals surface area (Å²) in [5.74, 6) is -0.185. The summed E-state index contributed by atoms with van der Waals surface area (Å²) >= 11 is 0. The van der Waals surface area contributed by atoms with Gasteiger partial charge in [0.2, 0.25) is 0 Å². The Morgan fingerprint density at radius 2 is 2.08 bits per heavy atom. The molecule has 8 nitrogen and oxygen atoms in total. The van der Waals surface area contributed by atoms with Crippen LogP contribution in [0.2, 0.25) is 0 Å². The topological polar surface area (TPSA) is 94.2 Å². The van der Waals surface area contributed by atoms with E-state index in [9.17, 15) is 14.9 Å². The van der Waals surface area contributed by atoms with Crippen molar-refractivity contribution < 1.29 is 9.72 Å². The summed E-state index contributed by atoms with van der Waals surface area (Å²) in [6.45, 7) is 0. The van der Waals surface area contributed by atoms with Gasteiger partial charge in [0.1, 0.15) is 18.3 Å².